The lowest BCUT2D eigenvalue weighted by atomic mass is 9.90. The second kappa shape index (κ2) is 4.32. The van der Waals surface area contributed by atoms with Crippen LogP contribution in [0.3, 0.4) is 0 Å². The van der Waals surface area contributed by atoms with E-state index in [0.717, 1.165) is 30.6 Å². The largest absolute Gasteiger partial charge is 0.313 e. The Balaban J connectivity index is 1.85. The lowest BCUT2D eigenvalue weighted by Crippen LogP contribution is -2.33. The smallest absolute Gasteiger partial charge is 0.200 e. The van der Waals surface area contributed by atoms with Gasteiger partial charge < -0.3 is 5.32 Å². The highest BCUT2D eigenvalue weighted by Gasteiger charge is 2.46. The van der Waals surface area contributed by atoms with E-state index in [-0.39, 0.29) is 18.6 Å². The molecule has 0 bridgehead atoms. The van der Waals surface area contributed by atoms with Crippen LogP contribution < -0.4 is 5.32 Å². The number of benzene rings is 1. The summed E-state index contributed by atoms with van der Waals surface area (Å²) >= 11 is 0. The van der Waals surface area contributed by atoms with E-state index < -0.39 is 5.67 Å². The average molecular weight is 245 g/mol. The number of fused-ring (bicyclic) bond motifs is 1. The third kappa shape index (κ3) is 1.89. The molecule has 1 unspecified atom stereocenters. The van der Waals surface area contributed by atoms with Gasteiger partial charge in [-0.1, -0.05) is 35.9 Å². The van der Waals surface area contributed by atoms with Gasteiger partial charge in [0.25, 0.3) is 0 Å². The van der Waals surface area contributed by atoms with Crippen molar-refractivity contribution in [2.75, 3.05) is 13.1 Å². The zero-order valence-electron chi connectivity index (χ0n) is 10.2. The fourth-order valence-corrected chi connectivity index (χ4v) is 2.85. The maximum Gasteiger partial charge on any atom is 0.200 e. The second-order valence-electron chi connectivity index (χ2n) is 5.12. The van der Waals surface area contributed by atoms with Gasteiger partial charge in [-0.3, -0.25) is 4.79 Å². The molecule has 3 rings (SSSR count). The summed E-state index contributed by atoms with van der Waals surface area (Å²) in [5.74, 6) is -0.336. The Kier molecular flexibility index (Phi) is 2.78. The summed E-state index contributed by atoms with van der Waals surface area (Å²) in [5, 5.41) is 3.20. The predicted octanol–water partition coefficient (Wildman–Crippen LogP) is 2.44. The molecule has 2 nitrogen and oxygen atoms in total. The van der Waals surface area contributed by atoms with E-state index in [1.54, 1.807) is 12.1 Å². The van der Waals surface area contributed by atoms with Crippen molar-refractivity contribution in [3.05, 3.63) is 47.0 Å². The van der Waals surface area contributed by atoms with E-state index in [2.05, 4.69) is 5.32 Å². The van der Waals surface area contributed by atoms with E-state index in [1.807, 2.05) is 18.2 Å². The Labute approximate surface area is 106 Å². The fraction of sp³-hybridized carbons (Fsp3) is 0.400. The van der Waals surface area contributed by atoms with Gasteiger partial charge in [0, 0.05) is 24.9 Å². The zero-order valence-corrected chi connectivity index (χ0v) is 10.2. The summed E-state index contributed by atoms with van der Waals surface area (Å²) < 4.78 is 14.9. The van der Waals surface area contributed by atoms with Crippen LogP contribution in [-0.2, 0) is 6.42 Å². The topological polar surface area (TPSA) is 29.1 Å². The summed E-state index contributed by atoms with van der Waals surface area (Å²) in [4.78, 5) is 12.2. The first-order valence-electron chi connectivity index (χ1n) is 6.39. The number of ketones is 1. The molecule has 1 aromatic rings. The van der Waals surface area contributed by atoms with Gasteiger partial charge in [0.15, 0.2) is 5.67 Å². The van der Waals surface area contributed by atoms with Gasteiger partial charge in [0.05, 0.1) is 0 Å². The molecule has 0 radical (unpaired) electrons. The summed E-state index contributed by atoms with van der Waals surface area (Å²) in [7, 11) is 0. The molecular formula is C15H16FNO. The third-order valence-electron chi connectivity index (χ3n) is 3.80. The summed E-state index contributed by atoms with van der Waals surface area (Å²) in [6, 6.07) is 7.25. The molecule has 1 heterocycles. The monoisotopic (exact) mass is 245 g/mol. The molecule has 0 fully saturated rings. The van der Waals surface area contributed by atoms with E-state index in [0.29, 0.717) is 5.56 Å². The van der Waals surface area contributed by atoms with Gasteiger partial charge in [-0.2, -0.15) is 0 Å². The summed E-state index contributed by atoms with van der Waals surface area (Å²) in [6.07, 6.45) is 3.34. The Hall–Kier alpha value is -1.48. The van der Waals surface area contributed by atoms with Crippen LogP contribution >= 0.6 is 0 Å². The number of alkyl halides is 1. The van der Waals surface area contributed by atoms with Crippen molar-refractivity contribution in [2.24, 2.45) is 0 Å². The molecule has 3 heteroatoms. The first kappa shape index (κ1) is 11.6. The normalized spacial score (nSPS) is 26.9. The quantitative estimate of drug-likeness (QED) is 0.811. The lowest BCUT2D eigenvalue weighted by Gasteiger charge is -2.22. The number of Topliss-reactive ketones (excluding diaryl/α,β-unsaturated/α-hetero) is 1. The predicted molar refractivity (Wildman–Crippen MR) is 68.5 cm³/mol. The fourth-order valence-electron chi connectivity index (χ4n) is 2.85. The van der Waals surface area contributed by atoms with Crippen LogP contribution in [0.5, 0.6) is 0 Å². The highest BCUT2D eigenvalue weighted by atomic mass is 19.1. The molecule has 18 heavy (non-hydrogen) atoms. The Morgan fingerprint density at radius 1 is 1.33 bits per heavy atom. The van der Waals surface area contributed by atoms with Crippen LogP contribution in [0, 0.1) is 0 Å². The maximum absolute atomic E-state index is 14.9. The van der Waals surface area contributed by atoms with Crippen LogP contribution in [0.4, 0.5) is 4.39 Å². The molecule has 1 aromatic carbocycles. The van der Waals surface area contributed by atoms with E-state index >= 15 is 0 Å². The lowest BCUT2D eigenvalue weighted by molar-refractivity contribution is 0.0718. The van der Waals surface area contributed by atoms with Gasteiger partial charge in [-0.25, -0.2) is 4.39 Å². The van der Waals surface area contributed by atoms with Crippen molar-refractivity contribution in [3.63, 3.8) is 0 Å². The number of halogens is 1. The molecule has 1 atom stereocenters. The minimum absolute atomic E-state index is 0.229. The minimum atomic E-state index is -1.72. The van der Waals surface area contributed by atoms with Gasteiger partial charge in [-0.05, 0) is 18.5 Å². The Morgan fingerprint density at radius 3 is 2.89 bits per heavy atom. The SMILES string of the molecule is O=C1c2ccccc2CC1(F)CC1=CCNCC1. The van der Waals surface area contributed by atoms with Gasteiger partial charge in [0.1, 0.15) is 0 Å². The molecule has 0 amide bonds. The molecule has 1 aliphatic heterocycles. The Morgan fingerprint density at radius 2 is 2.17 bits per heavy atom. The van der Waals surface area contributed by atoms with E-state index in [9.17, 15) is 9.18 Å². The number of carbonyl (C=O) groups excluding carboxylic acids is 1. The zero-order chi connectivity index (χ0) is 12.6. The van der Waals surface area contributed by atoms with Crippen LogP contribution in [-0.4, -0.2) is 24.5 Å². The number of hydrogen-bond acceptors (Lipinski definition) is 2. The van der Waals surface area contributed by atoms with Crippen molar-refractivity contribution in [2.45, 2.75) is 24.9 Å². The van der Waals surface area contributed by atoms with Gasteiger partial charge >= 0.3 is 0 Å². The Bertz CT molecular complexity index is 523. The van der Waals surface area contributed by atoms with E-state index in [4.69, 9.17) is 0 Å². The van der Waals surface area contributed by atoms with Crippen molar-refractivity contribution in [1.82, 2.24) is 5.32 Å². The van der Waals surface area contributed by atoms with Crippen LogP contribution in [0.25, 0.3) is 0 Å². The number of carbonyl (C=O) groups is 1. The average Bonchev–Trinajstić information content (AvgIpc) is 2.63. The molecule has 0 saturated heterocycles. The highest BCUT2D eigenvalue weighted by Crippen LogP contribution is 2.38. The molecule has 1 N–H and O–H groups in total. The van der Waals surface area contributed by atoms with Crippen molar-refractivity contribution < 1.29 is 9.18 Å². The molecular weight excluding hydrogens is 229 g/mol. The van der Waals surface area contributed by atoms with Crippen molar-refractivity contribution >= 4 is 5.78 Å². The molecule has 94 valence electrons. The maximum atomic E-state index is 14.9. The number of rotatable bonds is 2. The minimum Gasteiger partial charge on any atom is -0.313 e. The second-order valence-corrected chi connectivity index (χ2v) is 5.12. The summed E-state index contributed by atoms with van der Waals surface area (Å²) in [6.45, 7) is 1.66. The highest BCUT2D eigenvalue weighted by molar-refractivity contribution is 6.07. The van der Waals surface area contributed by atoms with Crippen molar-refractivity contribution in [1.29, 1.82) is 0 Å². The van der Waals surface area contributed by atoms with E-state index in [1.165, 1.54) is 0 Å². The molecule has 2 aliphatic rings. The number of nitrogens with one attached hydrogen (secondary N) is 1. The third-order valence-corrected chi connectivity index (χ3v) is 3.80. The number of hydrogen-bond donors (Lipinski definition) is 1. The summed E-state index contributed by atoms with van der Waals surface area (Å²) in [5.41, 5.74) is 0.763. The standard InChI is InChI=1S/C15H16FNO/c16-15(9-11-5-7-17-8-6-11)10-12-3-1-2-4-13(12)14(15)18/h1-5,17H,6-10H2. The molecule has 0 saturated carbocycles. The van der Waals surface area contributed by atoms with Crippen LogP contribution in [0.15, 0.2) is 35.9 Å². The first-order valence-corrected chi connectivity index (χ1v) is 6.39. The van der Waals surface area contributed by atoms with Crippen LogP contribution in [0.1, 0.15) is 28.8 Å². The van der Waals surface area contributed by atoms with Crippen molar-refractivity contribution in [3.8, 4) is 0 Å². The van der Waals surface area contributed by atoms with Gasteiger partial charge in [0.2, 0.25) is 5.78 Å². The first-order chi connectivity index (χ1) is 8.69. The van der Waals surface area contributed by atoms with Crippen LogP contribution in [0.2, 0.25) is 0 Å². The molecule has 0 aromatic heterocycles. The van der Waals surface area contributed by atoms with Gasteiger partial charge in [-0.15, -0.1) is 0 Å². The molecule has 0 spiro atoms. The molecule has 1 aliphatic carbocycles.